The van der Waals surface area contributed by atoms with E-state index in [1.807, 2.05) is 37.3 Å². The third kappa shape index (κ3) is 2.86. The molecule has 0 aliphatic heterocycles. The summed E-state index contributed by atoms with van der Waals surface area (Å²) in [6.07, 6.45) is 5.61. The summed E-state index contributed by atoms with van der Waals surface area (Å²) in [5.74, 6) is 3.23. The van der Waals surface area contributed by atoms with Gasteiger partial charge in [-0.05, 0) is 5.92 Å². The molecule has 0 saturated carbocycles. The average Bonchev–Trinajstić information content (AvgIpc) is 3.11. The molecule has 24 heavy (non-hydrogen) atoms. The van der Waals surface area contributed by atoms with Gasteiger partial charge in [-0.2, -0.15) is 5.10 Å². The van der Waals surface area contributed by atoms with E-state index in [9.17, 15) is 0 Å². The first-order valence-electron chi connectivity index (χ1n) is 8.32. The predicted octanol–water partition coefficient (Wildman–Crippen LogP) is 3.03. The fraction of sp³-hybridized carbons (Fsp3) is 0.529. The molecule has 3 aromatic rings. The first kappa shape index (κ1) is 16.4. The van der Waals surface area contributed by atoms with Crippen molar-refractivity contribution in [1.29, 1.82) is 0 Å². The number of anilines is 1. The van der Waals surface area contributed by atoms with Crippen LogP contribution in [0.3, 0.4) is 0 Å². The molecule has 3 heterocycles. The maximum absolute atomic E-state index is 4.76. The molecule has 0 fully saturated rings. The molecule has 3 rings (SSSR count). The van der Waals surface area contributed by atoms with Gasteiger partial charge in [0.15, 0.2) is 5.65 Å². The van der Waals surface area contributed by atoms with Crippen molar-refractivity contribution in [1.82, 2.24) is 29.3 Å². The highest BCUT2D eigenvalue weighted by molar-refractivity contribution is 5.86. The molecule has 1 N–H and O–H groups in total. The number of aryl methyl sites for hydroxylation is 2. The van der Waals surface area contributed by atoms with Crippen LogP contribution in [0.25, 0.3) is 11.0 Å². The summed E-state index contributed by atoms with van der Waals surface area (Å²) in [5.41, 5.74) is 0.846. The van der Waals surface area contributed by atoms with Crippen molar-refractivity contribution in [2.45, 2.75) is 39.7 Å². The first-order chi connectivity index (χ1) is 11.4. The van der Waals surface area contributed by atoms with Crippen molar-refractivity contribution in [2.75, 3.05) is 5.32 Å². The van der Waals surface area contributed by atoms with Crippen molar-refractivity contribution in [2.24, 2.45) is 20.0 Å². The first-order valence-corrected chi connectivity index (χ1v) is 8.32. The molecule has 0 saturated heterocycles. The van der Waals surface area contributed by atoms with Gasteiger partial charge in [0.05, 0.1) is 17.6 Å². The molecule has 7 heteroatoms. The summed E-state index contributed by atoms with van der Waals surface area (Å²) in [6, 6.07) is 0.0586. The monoisotopic (exact) mass is 327 g/mol. The van der Waals surface area contributed by atoms with Crippen molar-refractivity contribution in [3.05, 3.63) is 30.2 Å². The Morgan fingerprint density at radius 2 is 1.83 bits per heavy atom. The molecule has 1 atom stereocenters. The van der Waals surface area contributed by atoms with Crippen LogP contribution in [-0.4, -0.2) is 29.3 Å². The largest absolute Gasteiger partial charge is 0.359 e. The van der Waals surface area contributed by atoms with E-state index in [2.05, 4.69) is 48.1 Å². The Balaban J connectivity index is 2.09. The SMILES string of the molecule is CC(C)c1nc(NC(c2nccn2C)C(C)C)c2cnn(C)c2n1. The molecule has 3 aromatic heterocycles. The van der Waals surface area contributed by atoms with Gasteiger partial charge in [-0.15, -0.1) is 0 Å². The minimum absolute atomic E-state index is 0.0586. The van der Waals surface area contributed by atoms with E-state index in [-0.39, 0.29) is 12.0 Å². The lowest BCUT2D eigenvalue weighted by Crippen LogP contribution is -2.21. The second kappa shape index (κ2) is 6.22. The molecule has 0 amide bonds. The maximum Gasteiger partial charge on any atom is 0.163 e. The highest BCUT2D eigenvalue weighted by Crippen LogP contribution is 2.29. The quantitative estimate of drug-likeness (QED) is 0.780. The molecule has 0 spiro atoms. The Morgan fingerprint density at radius 1 is 1.08 bits per heavy atom. The zero-order valence-corrected chi connectivity index (χ0v) is 15.1. The predicted molar refractivity (Wildman–Crippen MR) is 94.8 cm³/mol. The number of hydrogen-bond donors (Lipinski definition) is 1. The fourth-order valence-electron chi connectivity index (χ4n) is 2.76. The molecule has 0 aliphatic rings. The van der Waals surface area contributed by atoms with Crippen LogP contribution in [0.2, 0.25) is 0 Å². The molecule has 0 radical (unpaired) electrons. The van der Waals surface area contributed by atoms with Crippen molar-refractivity contribution in [3.63, 3.8) is 0 Å². The molecule has 0 aromatic carbocycles. The lowest BCUT2D eigenvalue weighted by molar-refractivity contribution is 0.506. The second-order valence-electron chi connectivity index (χ2n) is 6.85. The van der Waals surface area contributed by atoms with Crippen LogP contribution < -0.4 is 5.32 Å². The van der Waals surface area contributed by atoms with Crippen molar-refractivity contribution >= 4 is 16.9 Å². The van der Waals surface area contributed by atoms with E-state index >= 15 is 0 Å². The van der Waals surface area contributed by atoms with Gasteiger partial charge >= 0.3 is 0 Å². The third-order valence-electron chi connectivity index (χ3n) is 4.22. The van der Waals surface area contributed by atoms with Crippen LogP contribution >= 0.6 is 0 Å². The van der Waals surface area contributed by atoms with E-state index in [1.54, 1.807) is 4.68 Å². The minimum Gasteiger partial charge on any atom is -0.359 e. The molecular formula is C17H25N7. The molecular weight excluding hydrogens is 302 g/mol. The van der Waals surface area contributed by atoms with Crippen LogP contribution in [0.4, 0.5) is 5.82 Å². The van der Waals surface area contributed by atoms with E-state index in [0.717, 1.165) is 28.5 Å². The van der Waals surface area contributed by atoms with E-state index in [4.69, 9.17) is 4.98 Å². The Hall–Kier alpha value is -2.44. The maximum atomic E-state index is 4.76. The number of nitrogens with zero attached hydrogens (tertiary/aromatic N) is 6. The average molecular weight is 327 g/mol. The number of hydrogen-bond acceptors (Lipinski definition) is 5. The normalized spacial score (nSPS) is 13.2. The molecule has 128 valence electrons. The zero-order valence-electron chi connectivity index (χ0n) is 15.1. The lowest BCUT2D eigenvalue weighted by Gasteiger charge is -2.23. The zero-order chi connectivity index (χ0) is 17.4. The van der Waals surface area contributed by atoms with Crippen LogP contribution in [-0.2, 0) is 14.1 Å². The number of rotatable bonds is 5. The van der Waals surface area contributed by atoms with Gasteiger partial charge in [0.25, 0.3) is 0 Å². The van der Waals surface area contributed by atoms with Gasteiger partial charge in [-0.3, -0.25) is 4.68 Å². The van der Waals surface area contributed by atoms with Crippen molar-refractivity contribution in [3.8, 4) is 0 Å². The standard InChI is InChI=1S/C17H25N7/c1-10(2)13(17-18-7-8-23(17)5)20-15-12-9-19-24(6)16(12)22-14(21-15)11(3)4/h7-11,13H,1-6H3,(H,20,21,22). The Morgan fingerprint density at radius 3 is 2.42 bits per heavy atom. The Bertz CT molecular complexity index is 844. The molecule has 0 bridgehead atoms. The van der Waals surface area contributed by atoms with E-state index < -0.39 is 0 Å². The van der Waals surface area contributed by atoms with E-state index in [1.165, 1.54) is 0 Å². The second-order valence-corrected chi connectivity index (χ2v) is 6.85. The smallest absolute Gasteiger partial charge is 0.163 e. The van der Waals surface area contributed by atoms with Gasteiger partial charge < -0.3 is 9.88 Å². The number of imidazole rings is 1. The third-order valence-corrected chi connectivity index (χ3v) is 4.22. The van der Waals surface area contributed by atoms with Crippen LogP contribution in [0.5, 0.6) is 0 Å². The van der Waals surface area contributed by atoms with E-state index in [0.29, 0.717) is 5.92 Å². The van der Waals surface area contributed by atoms with Crippen LogP contribution in [0.15, 0.2) is 18.6 Å². The summed E-state index contributed by atoms with van der Waals surface area (Å²) < 4.78 is 3.84. The number of fused-ring (bicyclic) bond motifs is 1. The van der Waals surface area contributed by atoms with Gasteiger partial charge in [0, 0.05) is 32.4 Å². The summed E-state index contributed by atoms with van der Waals surface area (Å²) in [4.78, 5) is 13.9. The summed E-state index contributed by atoms with van der Waals surface area (Å²) in [6.45, 7) is 8.55. The van der Waals surface area contributed by atoms with Crippen LogP contribution in [0, 0.1) is 5.92 Å². The van der Waals surface area contributed by atoms with Gasteiger partial charge in [-0.1, -0.05) is 27.7 Å². The highest BCUT2D eigenvalue weighted by atomic mass is 15.3. The molecule has 1 unspecified atom stereocenters. The Labute approximate surface area is 142 Å². The summed E-state index contributed by atoms with van der Waals surface area (Å²) in [5, 5.41) is 8.86. The molecule has 0 aliphatic carbocycles. The van der Waals surface area contributed by atoms with Crippen LogP contribution in [0.1, 0.15) is 51.3 Å². The Kier molecular flexibility index (Phi) is 4.26. The van der Waals surface area contributed by atoms with Crippen molar-refractivity contribution < 1.29 is 0 Å². The fourth-order valence-corrected chi connectivity index (χ4v) is 2.76. The number of aromatic nitrogens is 6. The van der Waals surface area contributed by atoms with Gasteiger partial charge in [0.1, 0.15) is 17.5 Å². The summed E-state index contributed by atoms with van der Waals surface area (Å²) in [7, 11) is 3.92. The van der Waals surface area contributed by atoms with Gasteiger partial charge in [-0.25, -0.2) is 15.0 Å². The minimum atomic E-state index is 0.0586. The van der Waals surface area contributed by atoms with Gasteiger partial charge in [0.2, 0.25) is 0 Å². The topological polar surface area (TPSA) is 73.5 Å². The highest BCUT2D eigenvalue weighted by Gasteiger charge is 2.23. The number of nitrogens with one attached hydrogen (secondary N) is 1. The molecule has 7 nitrogen and oxygen atoms in total. The summed E-state index contributed by atoms with van der Waals surface area (Å²) >= 11 is 0. The lowest BCUT2D eigenvalue weighted by atomic mass is 10.0.